The SMILES string of the molecule is CNc1ncccc1S(=O)(=O)Nc1cc(Br)ccc1C. The van der Waals surface area contributed by atoms with Gasteiger partial charge in [0.15, 0.2) is 0 Å². The Kier molecular flexibility index (Phi) is 4.29. The highest BCUT2D eigenvalue weighted by Gasteiger charge is 2.19. The largest absolute Gasteiger partial charge is 0.372 e. The Morgan fingerprint density at radius 1 is 1.25 bits per heavy atom. The first-order valence-electron chi connectivity index (χ1n) is 5.86. The minimum Gasteiger partial charge on any atom is -0.372 e. The monoisotopic (exact) mass is 355 g/mol. The second-order valence-corrected chi connectivity index (χ2v) is 6.73. The van der Waals surface area contributed by atoms with Crippen LogP contribution in [0.2, 0.25) is 0 Å². The number of aromatic nitrogens is 1. The van der Waals surface area contributed by atoms with Crippen molar-refractivity contribution in [3.8, 4) is 0 Å². The van der Waals surface area contributed by atoms with Gasteiger partial charge in [0, 0.05) is 17.7 Å². The fourth-order valence-corrected chi connectivity index (χ4v) is 3.35. The van der Waals surface area contributed by atoms with Gasteiger partial charge in [-0.3, -0.25) is 4.72 Å². The van der Waals surface area contributed by atoms with Crippen molar-refractivity contribution in [2.75, 3.05) is 17.1 Å². The zero-order chi connectivity index (χ0) is 14.8. The standard InChI is InChI=1S/C13H14BrN3O2S/c1-9-5-6-10(14)8-11(9)17-20(18,19)12-4-3-7-16-13(12)15-2/h3-8,17H,1-2H3,(H,15,16). The van der Waals surface area contributed by atoms with E-state index in [4.69, 9.17) is 0 Å². The highest BCUT2D eigenvalue weighted by molar-refractivity contribution is 9.10. The average molecular weight is 356 g/mol. The van der Waals surface area contributed by atoms with Crippen LogP contribution < -0.4 is 10.0 Å². The van der Waals surface area contributed by atoms with Gasteiger partial charge in [0.05, 0.1) is 5.69 Å². The summed E-state index contributed by atoms with van der Waals surface area (Å²) in [5.41, 5.74) is 1.37. The van der Waals surface area contributed by atoms with E-state index in [0.29, 0.717) is 11.5 Å². The predicted molar refractivity (Wildman–Crippen MR) is 83.5 cm³/mol. The Morgan fingerprint density at radius 2 is 2.00 bits per heavy atom. The molecule has 1 aromatic carbocycles. The predicted octanol–water partition coefficient (Wildman–Crippen LogP) is 3.00. The Hall–Kier alpha value is -1.60. The van der Waals surface area contributed by atoms with Crippen molar-refractivity contribution in [3.63, 3.8) is 0 Å². The smallest absolute Gasteiger partial charge is 0.265 e. The number of benzene rings is 1. The van der Waals surface area contributed by atoms with Crippen LogP contribution in [0, 0.1) is 6.92 Å². The Morgan fingerprint density at radius 3 is 2.70 bits per heavy atom. The van der Waals surface area contributed by atoms with Gasteiger partial charge in [0.2, 0.25) is 0 Å². The molecule has 0 spiro atoms. The van der Waals surface area contributed by atoms with E-state index in [-0.39, 0.29) is 4.90 Å². The van der Waals surface area contributed by atoms with Gasteiger partial charge in [-0.25, -0.2) is 13.4 Å². The van der Waals surface area contributed by atoms with Crippen molar-refractivity contribution in [1.82, 2.24) is 4.98 Å². The number of nitrogens with zero attached hydrogens (tertiary/aromatic N) is 1. The Labute approximate surface area is 126 Å². The molecule has 1 heterocycles. The molecule has 0 atom stereocenters. The molecule has 5 nitrogen and oxygen atoms in total. The first-order chi connectivity index (χ1) is 9.44. The van der Waals surface area contributed by atoms with E-state index < -0.39 is 10.0 Å². The van der Waals surface area contributed by atoms with Crippen molar-refractivity contribution in [2.24, 2.45) is 0 Å². The molecular formula is C13H14BrN3O2S. The maximum Gasteiger partial charge on any atom is 0.265 e. The summed E-state index contributed by atoms with van der Waals surface area (Å²) in [5.74, 6) is 0.313. The van der Waals surface area contributed by atoms with E-state index in [0.717, 1.165) is 10.0 Å². The van der Waals surface area contributed by atoms with Crippen LogP contribution in [0.4, 0.5) is 11.5 Å². The van der Waals surface area contributed by atoms with Crippen LogP contribution in [0.25, 0.3) is 0 Å². The molecule has 106 valence electrons. The summed E-state index contributed by atoms with van der Waals surface area (Å²) in [6.45, 7) is 1.84. The molecular weight excluding hydrogens is 342 g/mol. The minimum absolute atomic E-state index is 0.113. The molecule has 0 aliphatic rings. The highest BCUT2D eigenvalue weighted by atomic mass is 79.9. The number of hydrogen-bond acceptors (Lipinski definition) is 4. The van der Waals surface area contributed by atoms with Gasteiger partial charge in [-0.15, -0.1) is 0 Å². The first kappa shape index (κ1) is 14.8. The van der Waals surface area contributed by atoms with E-state index in [1.165, 1.54) is 12.3 Å². The molecule has 1 aromatic heterocycles. The summed E-state index contributed by atoms with van der Waals surface area (Å²) in [6.07, 6.45) is 1.54. The molecule has 20 heavy (non-hydrogen) atoms. The third-order valence-electron chi connectivity index (χ3n) is 2.74. The van der Waals surface area contributed by atoms with Crippen molar-refractivity contribution >= 4 is 37.5 Å². The summed E-state index contributed by atoms with van der Waals surface area (Å²) in [5, 5.41) is 2.77. The molecule has 2 N–H and O–H groups in total. The number of sulfonamides is 1. The number of pyridine rings is 1. The number of nitrogens with one attached hydrogen (secondary N) is 2. The Bertz CT molecular complexity index is 732. The fourth-order valence-electron chi connectivity index (χ4n) is 1.70. The number of anilines is 2. The van der Waals surface area contributed by atoms with Crippen molar-refractivity contribution in [2.45, 2.75) is 11.8 Å². The number of hydrogen-bond donors (Lipinski definition) is 2. The topological polar surface area (TPSA) is 71.1 Å². The van der Waals surface area contributed by atoms with E-state index in [2.05, 4.69) is 31.0 Å². The van der Waals surface area contributed by atoms with Crippen molar-refractivity contribution in [1.29, 1.82) is 0 Å². The summed E-state index contributed by atoms with van der Waals surface area (Å²) >= 11 is 3.33. The summed E-state index contributed by atoms with van der Waals surface area (Å²) < 4.78 is 28.3. The number of rotatable bonds is 4. The number of halogens is 1. The molecule has 0 saturated heterocycles. The van der Waals surface area contributed by atoms with E-state index >= 15 is 0 Å². The summed E-state index contributed by atoms with van der Waals surface area (Å²) in [7, 11) is -2.06. The lowest BCUT2D eigenvalue weighted by atomic mass is 10.2. The normalized spacial score (nSPS) is 11.2. The molecule has 2 aromatic rings. The zero-order valence-corrected chi connectivity index (χ0v) is 13.4. The van der Waals surface area contributed by atoms with Crippen LogP contribution in [0.1, 0.15) is 5.56 Å². The molecule has 2 rings (SSSR count). The molecule has 0 unspecified atom stereocenters. The lowest BCUT2D eigenvalue weighted by Gasteiger charge is -2.13. The van der Waals surface area contributed by atoms with Crippen molar-refractivity contribution in [3.05, 3.63) is 46.6 Å². The zero-order valence-electron chi connectivity index (χ0n) is 11.0. The minimum atomic E-state index is -3.69. The number of aryl methyl sites for hydroxylation is 1. The molecule has 0 amide bonds. The van der Waals surface area contributed by atoms with Gasteiger partial charge in [0.1, 0.15) is 10.7 Å². The van der Waals surface area contributed by atoms with Gasteiger partial charge in [-0.2, -0.15) is 0 Å². The van der Waals surface area contributed by atoms with Gasteiger partial charge in [0.25, 0.3) is 10.0 Å². The second kappa shape index (κ2) is 5.80. The highest BCUT2D eigenvalue weighted by Crippen LogP contribution is 2.25. The third-order valence-corrected chi connectivity index (χ3v) is 4.63. The van der Waals surface area contributed by atoms with Crippen LogP contribution in [0.5, 0.6) is 0 Å². The first-order valence-corrected chi connectivity index (χ1v) is 8.13. The maximum absolute atomic E-state index is 12.4. The Balaban J connectivity index is 2.43. The molecule has 0 radical (unpaired) electrons. The van der Waals surface area contributed by atoms with Crippen LogP contribution in [0.15, 0.2) is 45.9 Å². The third kappa shape index (κ3) is 3.10. The molecule has 0 bridgehead atoms. The van der Waals surface area contributed by atoms with E-state index in [9.17, 15) is 8.42 Å². The van der Waals surface area contributed by atoms with Crippen LogP contribution in [-0.4, -0.2) is 20.4 Å². The second-order valence-electron chi connectivity index (χ2n) is 4.16. The van der Waals surface area contributed by atoms with Crippen LogP contribution >= 0.6 is 15.9 Å². The summed E-state index contributed by atoms with van der Waals surface area (Å²) in [6, 6.07) is 8.51. The van der Waals surface area contributed by atoms with Gasteiger partial charge in [-0.05, 0) is 36.8 Å². The molecule has 0 aliphatic carbocycles. The van der Waals surface area contributed by atoms with E-state index in [1.807, 2.05) is 19.1 Å². The lowest BCUT2D eigenvalue weighted by Crippen LogP contribution is -2.16. The quantitative estimate of drug-likeness (QED) is 0.884. The van der Waals surface area contributed by atoms with Gasteiger partial charge < -0.3 is 5.32 Å². The van der Waals surface area contributed by atoms with Gasteiger partial charge in [-0.1, -0.05) is 22.0 Å². The van der Waals surface area contributed by atoms with Crippen LogP contribution in [-0.2, 0) is 10.0 Å². The van der Waals surface area contributed by atoms with Crippen molar-refractivity contribution < 1.29 is 8.42 Å². The molecule has 0 aliphatic heterocycles. The molecule has 7 heteroatoms. The molecule has 0 fully saturated rings. The summed E-state index contributed by atoms with van der Waals surface area (Å²) in [4.78, 5) is 4.12. The average Bonchev–Trinajstić information content (AvgIpc) is 2.42. The van der Waals surface area contributed by atoms with Gasteiger partial charge >= 0.3 is 0 Å². The maximum atomic E-state index is 12.4. The fraction of sp³-hybridized carbons (Fsp3) is 0.154. The lowest BCUT2D eigenvalue weighted by molar-refractivity contribution is 0.601. The van der Waals surface area contributed by atoms with Crippen LogP contribution in [0.3, 0.4) is 0 Å². The molecule has 0 saturated carbocycles. The van der Waals surface area contributed by atoms with E-state index in [1.54, 1.807) is 19.2 Å².